The van der Waals surface area contributed by atoms with Crippen molar-refractivity contribution in [3.63, 3.8) is 0 Å². The highest BCUT2D eigenvalue weighted by Gasteiger charge is 2.16. The van der Waals surface area contributed by atoms with Gasteiger partial charge in [-0.25, -0.2) is 0 Å². The molecule has 1 aromatic carbocycles. The number of rotatable bonds is 4. The van der Waals surface area contributed by atoms with E-state index >= 15 is 0 Å². The van der Waals surface area contributed by atoms with Crippen molar-refractivity contribution in [2.24, 2.45) is 5.92 Å². The fourth-order valence-electron chi connectivity index (χ4n) is 2.45. The first-order valence-corrected chi connectivity index (χ1v) is 6.18. The summed E-state index contributed by atoms with van der Waals surface area (Å²) < 4.78 is 0. The molecule has 0 aliphatic carbocycles. The Hall–Kier alpha value is -0.860. The molecule has 1 unspecified atom stereocenters. The van der Waals surface area contributed by atoms with Crippen LogP contribution in [0, 0.1) is 5.92 Å². The first kappa shape index (κ1) is 11.6. The van der Waals surface area contributed by atoms with E-state index in [0.29, 0.717) is 0 Å². The molecule has 2 nitrogen and oxygen atoms in total. The smallest absolute Gasteiger partial charge is 0.0230 e. The summed E-state index contributed by atoms with van der Waals surface area (Å²) in [6.07, 6.45) is 2.56. The third-order valence-corrected chi connectivity index (χ3v) is 3.28. The monoisotopic (exact) mass is 218 g/mol. The highest BCUT2D eigenvalue weighted by atomic mass is 15.0. The molecule has 1 heterocycles. The second-order valence-electron chi connectivity index (χ2n) is 5.07. The SMILES string of the molecule is CN(C)Cc1ccccc1CC1CCNC1. The summed E-state index contributed by atoms with van der Waals surface area (Å²) in [6, 6.07) is 8.86. The zero-order valence-electron chi connectivity index (χ0n) is 10.4. The van der Waals surface area contributed by atoms with E-state index in [-0.39, 0.29) is 0 Å². The molecule has 0 spiro atoms. The summed E-state index contributed by atoms with van der Waals surface area (Å²) in [5.41, 5.74) is 3.02. The van der Waals surface area contributed by atoms with Crippen molar-refractivity contribution >= 4 is 0 Å². The van der Waals surface area contributed by atoms with Gasteiger partial charge < -0.3 is 10.2 Å². The van der Waals surface area contributed by atoms with Crippen LogP contribution in [-0.2, 0) is 13.0 Å². The number of benzene rings is 1. The Morgan fingerprint density at radius 3 is 2.62 bits per heavy atom. The summed E-state index contributed by atoms with van der Waals surface area (Å²) in [7, 11) is 4.27. The topological polar surface area (TPSA) is 15.3 Å². The maximum Gasteiger partial charge on any atom is 0.0230 e. The van der Waals surface area contributed by atoms with E-state index in [2.05, 4.69) is 48.6 Å². The Morgan fingerprint density at radius 2 is 2.00 bits per heavy atom. The molecule has 1 N–H and O–H groups in total. The van der Waals surface area contributed by atoms with Crippen LogP contribution >= 0.6 is 0 Å². The van der Waals surface area contributed by atoms with Gasteiger partial charge in [0.25, 0.3) is 0 Å². The van der Waals surface area contributed by atoms with Gasteiger partial charge in [-0.05, 0) is 57.1 Å². The van der Waals surface area contributed by atoms with Crippen LogP contribution in [0.15, 0.2) is 24.3 Å². The third kappa shape index (κ3) is 3.06. The fourth-order valence-corrected chi connectivity index (χ4v) is 2.45. The van der Waals surface area contributed by atoms with Crippen LogP contribution in [0.25, 0.3) is 0 Å². The molecule has 1 saturated heterocycles. The van der Waals surface area contributed by atoms with E-state index in [0.717, 1.165) is 12.5 Å². The summed E-state index contributed by atoms with van der Waals surface area (Å²) >= 11 is 0. The van der Waals surface area contributed by atoms with E-state index in [1.54, 1.807) is 0 Å². The minimum Gasteiger partial charge on any atom is -0.316 e. The van der Waals surface area contributed by atoms with Crippen molar-refractivity contribution in [1.29, 1.82) is 0 Å². The molecule has 1 aromatic rings. The van der Waals surface area contributed by atoms with Gasteiger partial charge in [-0.1, -0.05) is 24.3 Å². The predicted molar refractivity (Wildman–Crippen MR) is 68.5 cm³/mol. The summed E-state index contributed by atoms with van der Waals surface area (Å²) in [5.74, 6) is 0.836. The van der Waals surface area contributed by atoms with Crippen molar-refractivity contribution in [1.82, 2.24) is 10.2 Å². The van der Waals surface area contributed by atoms with Gasteiger partial charge in [-0.3, -0.25) is 0 Å². The standard InChI is InChI=1S/C14H22N2/c1-16(2)11-14-6-4-3-5-13(14)9-12-7-8-15-10-12/h3-6,12,15H,7-11H2,1-2H3. The van der Waals surface area contributed by atoms with Crippen molar-refractivity contribution in [2.45, 2.75) is 19.4 Å². The number of nitrogens with zero attached hydrogens (tertiary/aromatic N) is 1. The van der Waals surface area contributed by atoms with Gasteiger partial charge >= 0.3 is 0 Å². The second-order valence-corrected chi connectivity index (χ2v) is 5.07. The molecular formula is C14H22N2. The highest BCUT2D eigenvalue weighted by Crippen LogP contribution is 2.19. The summed E-state index contributed by atoms with van der Waals surface area (Å²) in [5, 5.41) is 3.44. The quantitative estimate of drug-likeness (QED) is 0.830. The Bertz CT molecular complexity index is 327. The summed E-state index contributed by atoms with van der Waals surface area (Å²) in [4.78, 5) is 2.24. The van der Waals surface area contributed by atoms with Crippen molar-refractivity contribution < 1.29 is 0 Å². The Morgan fingerprint density at radius 1 is 1.25 bits per heavy atom. The zero-order chi connectivity index (χ0) is 11.4. The van der Waals surface area contributed by atoms with Gasteiger partial charge in [-0.15, -0.1) is 0 Å². The Balaban J connectivity index is 2.06. The lowest BCUT2D eigenvalue weighted by Gasteiger charge is -2.16. The van der Waals surface area contributed by atoms with E-state index in [4.69, 9.17) is 0 Å². The molecule has 0 amide bonds. The predicted octanol–water partition coefficient (Wildman–Crippen LogP) is 1.90. The number of hydrogen-bond acceptors (Lipinski definition) is 2. The second kappa shape index (κ2) is 5.46. The normalized spacial score (nSPS) is 20.6. The van der Waals surface area contributed by atoms with Crippen LogP contribution in [0.3, 0.4) is 0 Å². The molecule has 2 rings (SSSR count). The fraction of sp³-hybridized carbons (Fsp3) is 0.571. The van der Waals surface area contributed by atoms with Crippen LogP contribution in [0.4, 0.5) is 0 Å². The van der Waals surface area contributed by atoms with Gasteiger partial charge in [0.05, 0.1) is 0 Å². The Labute approximate surface area is 98.7 Å². The number of nitrogens with one attached hydrogen (secondary N) is 1. The molecule has 0 bridgehead atoms. The average molecular weight is 218 g/mol. The zero-order valence-corrected chi connectivity index (χ0v) is 10.4. The van der Waals surface area contributed by atoms with Crippen LogP contribution < -0.4 is 5.32 Å². The highest BCUT2D eigenvalue weighted by molar-refractivity contribution is 5.27. The molecular weight excluding hydrogens is 196 g/mol. The van der Waals surface area contributed by atoms with Gasteiger partial charge in [0.15, 0.2) is 0 Å². The van der Waals surface area contributed by atoms with Crippen molar-refractivity contribution in [3.8, 4) is 0 Å². The molecule has 0 radical (unpaired) electrons. The summed E-state index contributed by atoms with van der Waals surface area (Å²) in [6.45, 7) is 3.44. The Kier molecular flexibility index (Phi) is 3.97. The van der Waals surface area contributed by atoms with Gasteiger partial charge in [0, 0.05) is 6.54 Å². The third-order valence-electron chi connectivity index (χ3n) is 3.28. The molecule has 1 aliphatic heterocycles. The van der Waals surface area contributed by atoms with Gasteiger partial charge in [-0.2, -0.15) is 0 Å². The van der Waals surface area contributed by atoms with Gasteiger partial charge in [0.2, 0.25) is 0 Å². The lowest BCUT2D eigenvalue weighted by Crippen LogP contribution is -2.15. The maximum atomic E-state index is 3.44. The molecule has 1 fully saturated rings. The largest absolute Gasteiger partial charge is 0.316 e. The lowest BCUT2D eigenvalue weighted by molar-refractivity contribution is 0.399. The minimum atomic E-state index is 0.836. The van der Waals surface area contributed by atoms with Crippen molar-refractivity contribution in [2.75, 3.05) is 27.2 Å². The van der Waals surface area contributed by atoms with Crippen LogP contribution in [0.5, 0.6) is 0 Å². The molecule has 88 valence electrons. The van der Waals surface area contributed by atoms with E-state index in [1.807, 2.05) is 0 Å². The van der Waals surface area contributed by atoms with Gasteiger partial charge in [0.1, 0.15) is 0 Å². The first-order chi connectivity index (χ1) is 7.75. The van der Waals surface area contributed by atoms with E-state index in [9.17, 15) is 0 Å². The van der Waals surface area contributed by atoms with E-state index in [1.165, 1.54) is 37.1 Å². The van der Waals surface area contributed by atoms with Crippen LogP contribution in [0.2, 0.25) is 0 Å². The molecule has 0 saturated carbocycles. The first-order valence-electron chi connectivity index (χ1n) is 6.18. The molecule has 2 heteroatoms. The molecule has 1 atom stereocenters. The maximum absolute atomic E-state index is 3.44. The van der Waals surface area contributed by atoms with Crippen LogP contribution in [-0.4, -0.2) is 32.1 Å². The lowest BCUT2D eigenvalue weighted by atomic mass is 9.95. The molecule has 0 aromatic heterocycles. The minimum absolute atomic E-state index is 0.836. The van der Waals surface area contributed by atoms with Crippen molar-refractivity contribution in [3.05, 3.63) is 35.4 Å². The van der Waals surface area contributed by atoms with E-state index < -0.39 is 0 Å². The van der Waals surface area contributed by atoms with Crippen LogP contribution in [0.1, 0.15) is 17.5 Å². The number of hydrogen-bond donors (Lipinski definition) is 1. The molecule has 1 aliphatic rings. The molecule has 16 heavy (non-hydrogen) atoms. The average Bonchev–Trinajstić information content (AvgIpc) is 2.73.